The quantitative estimate of drug-likeness (QED) is 0.461. The number of carbonyl (C=O) groups is 1. The third-order valence-corrected chi connectivity index (χ3v) is 3.29. The normalized spacial score (nSPS) is 11.5. The highest BCUT2D eigenvalue weighted by Gasteiger charge is 2.31. The minimum absolute atomic E-state index is 0.266. The van der Waals surface area contributed by atoms with Gasteiger partial charge in [0.1, 0.15) is 11.5 Å². The molecule has 28 heavy (non-hydrogen) atoms. The third-order valence-electron chi connectivity index (χ3n) is 3.29. The van der Waals surface area contributed by atoms with E-state index >= 15 is 0 Å². The Morgan fingerprint density at radius 2 is 1.11 bits per heavy atom. The summed E-state index contributed by atoms with van der Waals surface area (Å²) in [4.78, 5) is 11.7. The number of allylic oxidation sites excluding steroid dienone is 2. The number of rotatable bonds is 6. The number of ketones is 1. The number of carbonyl (C=O) groups excluding carboxylic acids is 1. The van der Waals surface area contributed by atoms with Gasteiger partial charge in [-0.05, 0) is 53.1 Å². The highest BCUT2D eigenvalue weighted by atomic mass is 19.4. The van der Waals surface area contributed by atoms with Gasteiger partial charge in [0.2, 0.25) is 0 Å². The topological polar surface area (TPSA) is 35.5 Å². The van der Waals surface area contributed by atoms with Crippen molar-refractivity contribution in [2.24, 2.45) is 0 Å². The van der Waals surface area contributed by atoms with Gasteiger partial charge >= 0.3 is 12.7 Å². The van der Waals surface area contributed by atoms with E-state index in [4.69, 9.17) is 0 Å². The molecule has 0 aliphatic rings. The molecule has 0 bridgehead atoms. The Morgan fingerprint density at radius 1 is 0.750 bits per heavy atom. The van der Waals surface area contributed by atoms with Crippen LogP contribution in [0.3, 0.4) is 0 Å². The number of halogens is 6. The van der Waals surface area contributed by atoms with Gasteiger partial charge in [-0.2, -0.15) is 0 Å². The summed E-state index contributed by atoms with van der Waals surface area (Å²) in [5.41, 5.74) is 0.949. The highest BCUT2D eigenvalue weighted by Crippen LogP contribution is 2.30. The molecule has 3 nitrogen and oxygen atoms in total. The van der Waals surface area contributed by atoms with Gasteiger partial charge in [0, 0.05) is 0 Å². The Balaban J connectivity index is 2.37. The van der Waals surface area contributed by atoms with Crippen LogP contribution in [0.25, 0.3) is 5.57 Å². The van der Waals surface area contributed by atoms with Gasteiger partial charge in [-0.25, -0.2) is 0 Å². The van der Waals surface area contributed by atoms with Crippen molar-refractivity contribution < 1.29 is 40.6 Å². The molecule has 0 spiro atoms. The summed E-state index contributed by atoms with van der Waals surface area (Å²) in [5, 5.41) is 0. The maximum absolute atomic E-state index is 12.3. The first-order chi connectivity index (χ1) is 13.0. The first-order valence-electron chi connectivity index (χ1n) is 7.57. The van der Waals surface area contributed by atoms with Crippen LogP contribution in [0.5, 0.6) is 11.5 Å². The van der Waals surface area contributed by atoms with Crippen molar-refractivity contribution in [2.45, 2.75) is 12.7 Å². The van der Waals surface area contributed by atoms with E-state index in [1.165, 1.54) is 24.3 Å². The van der Waals surface area contributed by atoms with Crippen LogP contribution >= 0.6 is 0 Å². The molecule has 0 radical (unpaired) electrons. The summed E-state index contributed by atoms with van der Waals surface area (Å²) in [6.07, 6.45) is -7.53. The Hall–Kier alpha value is -3.23. The van der Waals surface area contributed by atoms with Crippen molar-refractivity contribution in [3.63, 3.8) is 0 Å². The van der Waals surface area contributed by atoms with Crippen LogP contribution in [0.2, 0.25) is 0 Å². The van der Waals surface area contributed by atoms with Crippen molar-refractivity contribution in [3.05, 3.63) is 78.4 Å². The maximum Gasteiger partial charge on any atom is 0.573 e. The zero-order valence-electron chi connectivity index (χ0n) is 14.0. The molecule has 0 saturated carbocycles. The first-order valence-corrected chi connectivity index (χ1v) is 7.57. The molecular formula is C19H12F6O3. The van der Waals surface area contributed by atoms with Gasteiger partial charge in [0.25, 0.3) is 0 Å². The fourth-order valence-corrected chi connectivity index (χ4v) is 2.21. The fourth-order valence-electron chi connectivity index (χ4n) is 2.21. The van der Waals surface area contributed by atoms with Gasteiger partial charge < -0.3 is 9.47 Å². The average Bonchev–Trinajstić information content (AvgIpc) is 2.58. The fraction of sp³-hybridized carbons (Fsp3) is 0.105. The van der Waals surface area contributed by atoms with E-state index in [1.807, 2.05) is 0 Å². The molecule has 0 aliphatic carbocycles. The second-order valence-corrected chi connectivity index (χ2v) is 5.31. The summed E-state index contributed by atoms with van der Waals surface area (Å²) in [6.45, 7) is 3.33. The molecular weight excluding hydrogens is 390 g/mol. The predicted molar refractivity (Wildman–Crippen MR) is 88.5 cm³/mol. The molecule has 0 unspecified atom stereocenters. The molecule has 2 aromatic rings. The van der Waals surface area contributed by atoms with E-state index in [-0.39, 0.29) is 5.57 Å². The molecule has 0 fully saturated rings. The first kappa shape index (κ1) is 21.1. The van der Waals surface area contributed by atoms with Crippen LogP contribution in [0, 0.1) is 0 Å². The van der Waals surface area contributed by atoms with E-state index in [0.717, 1.165) is 36.4 Å². The van der Waals surface area contributed by atoms with E-state index in [2.05, 4.69) is 16.1 Å². The molecule has 148 valence electrons. The van der Waals surface area contributed by atoms with E-state index in [0.29, 0.717) is 11.1 Å². The Morgan fingerprint density at radius 3 is 1.39 bits per heavy atom. The lowest BCUT2D eigenvalue weighted by Gasteiger charge is -2.13. The molecule has 0 N–H and O–H groups in total. The third kappa shape index (κ3) is 6.49. The molecule has 0 aromatic heterocycles. The SMILES string of the molecule is C=CC(=O)C=C(c1ccc(OC(F)(F)F)cc1)c1ccc(OC(F)(F)F)cc1. The summed E-state index contributed by atoms with van der Waals surface area (Å²) in [7, 11) is 0. The Labute approximate surface area is 155 Å². The van der Waals surface area contributed by atoms with Crippen LogP contribution in [-0.4, -0.2) is 18.5 Å². The summed E-state index contributed by atoms with van der Waals surface area (Å²) in [6, 6.07) is 9.33. The zero-order valence-corrected chi connectivity index (χ0v) is 14.0. The molecule has 2 rings (SSSR count). The number of ether oxygens (including phenoxy) is 2. The molecule has 0 aliphatic heterocycles. The molecule has 0 amide bonds. The molecule has 2 aromatic carbocycles. The lowest BCUT2D eigenvalue weighted by atomic mass is 9.96. The highest BCUT2D eigenvalue weighted by molar-refractivity contribution is 6.06. The van der Waals surface area contributed by atoms with E-state index in [9.17, 15) is 31.1 Å². The zero-order chi connectivity index (χ0) is 20.9. The van der Waals surface area contributed by atoms with Crippen LogP contribution in [-0.2, 0) is 4.79 Å². The second kappa shape index (κ2) is 8.20. The standard InChI is InChI=1S/C19H12F6O3/c1-2-14(26)11-17(12-3-7-15(8-4-12)27-18(20,21)22)13-5-9-16(10-6-13)28-19(23,24)25/h2-11H,1H2. The summed E-state index contributed by atoms with van der Waals surface area (Å²) < 4.78 is 81.1. The van der Waals surface area contributed by atoms with Gasteiger partial charge in [-0.15, -0.1) is 26.3 Å². The van der Waals surface area contributed by atoms with Gasteiger partial charge in [-0.1, -0.05) is 30.8 Å². The average molecular weight is 402 g/mol. The number of benzene rings is 2. The molecule has 0 saturated heterocycles. The Bertz CT molecular complexity index is 801. The molecule has 9 heteroatoms. The van der Waals surface area contributed by atoms with Crippen molar-refractivity contribution in [1.29, 1.82) is 0 Å². The van der Waals surface area contributed by atoms with Crippen molar-refractivity contribution in [1.82, 2.24) is 0 Å². The second-order valence-electron chi connectivity index (χ2n) is 5.31. The summed E-state index contributed by atoms with van der Waals surface area (Å²) in [5.74, 6) is -1.42. The minimum atomic E-state index is -4.85. The van der Waals surface area contributed by atoms with E-state index < -0.39 is 30.0 Å². The number of hydrogen-bond acceptors (Lipinski definition) is 3. The smallest absolute Gasteiger partial charge is 0.406 e. The Kier molecular flexibility index (Phi) is 6.17. The predicted octanol–water partition coefficient (Wildman–Crippen LogP) is 5.67. The van der Waals surface area contributed by atoms with Gasteiger partial charge in [-0.3, -0.25) is 4.79 Å². The van der Waals surface area contributed by atoms with Crippen molar-refractivity contribution in [2.75, 3.05) is 0 Å². The van der Waals surface area contributed by atoms with Crippen LogP contribution < -0.4 is 9.47 Å². The lowest BCUT2D eigenvalue weighted by Crippen LogP contribution is -2.17. The minimum Gasteiger partial charge on any atom is -0.406 e. The van der Waals surface area contributed by atoms with Crippen LogP contribution in [0.4, 0.5) is 26.3 Å². The van der Waals surface area contributed by atoms with Crippen molar-refractivity contribution in [3.8, 4) is 11.5 Å². The van der Waals surface area contributed by atoms with E-state index in [1.54, 1.807) is 0 Å². The van der Waals surface area contributed by atoms with Gasteiger partial charge in [0.05, 0.1) is 0 Å². The molecule has 0 heterocycles. The number of alkyl halides is 6. The maximum atomic E-state index is 12.3. The van der Waals surface area contributed by atoms with Crippen LogP contribution in [0.1, 0.15) is 11.1 Å². The lowest BCUT2D eigenvalue weighted by molar-refractivity contribution is -0.275. The van der Waals surface area contributed by atoms with Gasteiger partial charge in [0.15, 0.2) is 5.78 Å². The largest absolute Gasteiger partial charge is 0.573 e. The summed E-state index contributed by atoms with van der Waals surface area (Å²) >= 11 is 0. The number of hydrogen-bond donors (Lipinski definition) is 0. The van der Waals surface area contributed by atoms with Crippen molar-refractivity contribution >= 4 is 11.4 Å². The van der Waals surface area contributed by atoms with Crippen LogP contribution in [0.15, 0.2) is 67.3 Å². The molecule has 0 atom stereocenters. The monoisotopic (exact) mass is 402 g/mol.